The number of benzene rings is 1. The van der Waals surface area contributed by atoms with Crippen LogP contribution < -0.4 is 16.7 Å². The Morgan fingerprint density at radius 3 is 2.32 bits per heavy atom. The number of nitrogens with zero attached hydrogens (tertiary/aromatic N) is 4. The molecule has 13 heteroatoms. The van der Waals surface area contributed by atoms with E-state index in [-0.39, 0.29) is 24.5 Å². The number of β-amino-alcohol motifs (C(OH)–C–C–N with tert-alkyl or cyclic N) is 1. The summed E-state index contributed by atoms with van der Waals surface area (Å²) < 4.78 is 37.4. The highest BCUT2D eigenvalue weighted by Gasteiger charge is 2.60. The molecule has 0 saturated carbocycles. The molecule has 1 aromatic heterocycles. The number of amides is 1. The van der Waals surface area contributed by atoms with Gasteiger partial charge in [-0.25, -0.2) is 36.7 Å². The van der Waals surface area contributed by atoms with E-state index in [0.29, 0.717) is 13.0 Å². The zero-order chi connectivity index (χ0) is 29.8. The molecule has 0 unspecified atom stereocenters. The van der Waals surface area contributed by atoms with Gasteiger partial charge in [0.25, 0.3) is 0 Å². The summed E-state index contributed by atoms with van der Waals surface area (Å²) in [5.74, 6) is 0. The second-order valence-corrected chi connectivity index (χ2v) is 13.1. The van der Waals surface area contributed by atoms with E-state index in [2.05, 4.69) is 19.2 Å². The number of ether oxygens (including phenoxy) is 1. The molecule has 2 aliphatic heterocycles. The zero-order valence-corrected chi connectivity index (χ0v) is 25.1. The van der Waals surface area contributed by atoms with Crippen LogP contribution in [0.25, 0.3) is 0 Å². The molecule has 1 amide bonds. The van der Waals surface area contributed by atoms with Crippen LogP contribution in [-0.4, -0.2) is 69.2 Å². The molecule has 1 saturated heterocycles. The van der Waals surface area contributed by atoms with Gasteiger partial charge in [-0.3, -0.25) is 0 Å². The van der Waals surface area contributed by atoms with Crippen molar-refractivity contribution < 1.29 is 23.1 Å². The number of aromatic nitrogens is 3. The molecule has 2 aromatic rings. The highest BCUT2D eigenvalue weighted by molar-refractivity contribution is 7.89. The maximum atomic E-state index is 13.6. The molecule has 4 rings (SSSR count). The van der Waals surface area contributed by atoms with Crippen molar-refractivity contribution in [1.29, 1.82) is 0 Å². The van der Waals surface area contributed by atoms with Gasteiger partial charge in [-0.1, -0.05) is 70.1 Å². The quantitative estimate of drug-likeness (QED) is 0.339. The van der Waals surface area contributed by atoms with Crippen LogP contribution in [-0.2, 0) is 27.8 Å². The van der Waals surface area contributed by atoms with E-state index in [4.69, 9.17) is 4.74 Å². The molecule has 1 fully saturated rings. The van der Waals surface area contributed by atoms with Gasteiger partial charge in [-0.2, -0.15) is 4.31 Å². The standard InChI is InChI=1S/C28H43N5O7S/c1-4-6-8-10-16-29-25(34)40-24-19-32-26(35)31(17-11-9-7-5-2)27(36)33(32)23-18-30(20-28(23,24)37)41(38,39)22-14-12-21(3)13-15-22/h12-15,23-24,37H,4-11,16-20H2,1-3H3,(H,29,34)/t23-,24+,28-/m1/s1. The van der Waals surface area contributed by atoms with Crippen LogP contribution in [0.4, 0.5) is 4.79 Å². The normalized spacial score (nSPS) is 22.3. The number of carbonyl (C=O) groups excluding carboxylic acids is 1. The topological polar surface area (TPSA) is 145 Å². The Bertz CT molecular complexity index is 1430. The Kier molecular flexibility index (Phi) is 9.81. The molecule has 3 heterocycles. The number of hydrogen-bond donors (Lipinski definition) is 2. The molecule has 2 N–H and O–H groups in total. The summed E-state index contributed by atoms with van der Waals surface area (Å²) in [5.41, 5.74) is -2.21. The van der Waals surface area contributed by atoms with Crippen molar-refractivity contribution in [2.45, 2.75) is 108 Å². The lowest BCUT2D eigenvalue weighted by atomic mass is 9.89. The highest BCUT2D eigenvalue weighted by atomic mass is 32.2. The predicted molar refractivity (Wildman–Crippen MR) is 153 cm³/mol. The first-order chi connectivity index (χ1) is 19.5. The van der Waals surface area contributed by atoms with Gasteiger partial charge in [0.2, 0.25) is 10.0 Å². The number of carbonyl (C=O) groups is 1. The number of unbranched alkanes of at least 4 members (excludes halogenated alkanes) is 6. The summed E-state index contributed by atoms with van der Waals surface area (Å²) in [6, 6.07) is 5.22. The van der Waals surface area contributed by atoms with Gasteiger partial charge in [-0.05, 0) is 31.9 Å². The van der Waals surface area contributed by atoms with E-state index in [1.807, 2.05) is 6.92 Å². The fraction of sp³-hybridized carbons (Fsp3) is 0.679. The lowest BCUT2D eigenvalue weighted by Crippen LogP contribution is -2.61. The van der Waals surface area contributed by atoms with Gasteiger partial charge in [0.1, 0.15) is 11.6 Å². The zero-order valence-electron chi connectivity index (χ0n) is 24.3. The Labute approximate surface area is 240 Å². The summed E-state index contributed by atoms with van der Waals surface area (Å²) in [6.07, 6.45) is 5.26. The number of nitrogens with one attached hydrogen (secondary N) is 1. The van der Waals surface area contributed by atoms with Gasteiger partial charge < -0.3 is 15.2 Å². The molecule has 0 radical (unpaired) electrons. The molecule has 1 aromatic carbocycles. The second-order valence-electron chi connectivity index (χ2n) is 11.2. The summed E-state index contributed by atoms with van der Waals surface area (Å²) in [5, 5.41) is 14.7. The minimum Gasteiger partial charge on any atom is -0.441 e. The van der Waals surface area contributed by atoms with E-state index >= 15 is 0 Å². The monoisotopic (exact) mass is 593 g/mol. The Morgan fingerprint density at radius 2 is 1.66 bits per heavy atom. The number of fused-ring (bicyclic) bond motifs is 3. The minimum atomic E-state index is -4.06. The van der Waals surface area contributed by atoms with Gasteiger partial charge in [0, 0.05) is 26.2 Å². The predicted octanol–water partition coefficient (Wildman–Crippen LogP) is 2.37. The molecule has 3 atom stereocenters. The Hall–Kier alpha value is -2.90. The van der Waals surface area contributed by atoms with E-state index < -0.39 is 51.8 Å². The van der Waals surface area contributed by atoms with Gasteiger partial charge in [-0.15, -0.1) is 0 Å². The van der Waals surface area contributed by atoms with Crippen molar-refractivity contribution >= 4 is 16.1 Å². The van der Waals surface area contributed by atoms with Crippen LogP contribution in [0.5, 0.6) is 0 Å². The maximum absolute atomic E-state index is 13.6. The number of aliphatic hydroxyl groups is 1. The van der Waals surface area contributed by atoms with Crippen molar-refractivity contribution in [3.8, 4) is 0 Å². The van der Waals surface area contributed by atoms with E-state index in [9.17, 15) is 27.9 Å². The van der Waals surface area contributed by atoms with Crippen LogP contribution >= 0.6 is 0 Å². The Morgan fingerprint density at radius 1 is 1.00 bits per heavy atom. The number of rotatable bonds is 13. The summed E-state index contributed by atoms with van der Waals surface area (Å²) in [4.78, 5) is 39.7. The van der Waals surface area contributed by atoms with E-state index in [1.54, 1.807) is 12.1 Å². The third-order valence-corrected chi connectivity index (χ3v) is 9.98. The number of alkyl carbamates (subject to hydrolysis) is 1. The first-order valence-electron chi connectivity index (χ1n) is 14.7. The van der Waals surface area contributed by atoms with Crippen molar-refractivity contribution in [2.75, 3.05) is 19.6 Å². The van der Waals surface area contributed by atoms with Crippen LogP contribution in [0.1, 0.15) is 76.8 Å². The third kappa shape index (κ3) is 6.31. The molecule has 0 spiro atoms. The highest BCUT2D eigenvalue weighted by Crippen LogP contribution is 2.40. The lowest BCUT2D eigenvalue weighted by molar-refractivity contribution is -0.122. The smallest absolute Gasteiger partial charge is 0.407 e. The SMILES string of the molecule is CCCCCCNC(=O)O[C@H]1Cn2c(=O)n(CCCCCC)c(=O)n2[C@@H]2CN(S(=O)(=O)c3ccc(C)cc3)C[C@]12O. The molecule has 12 nitrogen and oxygen atoms in total. The van der Waals surface area contributed by atoms with E-state index in [1.165, 1.54) is 16.8 Å². The minimum absolute atomic E-state index is 0.0471. The lowest BCUT2D eigenvalue weighted by Gasteiger charge is -2.40. The number of sulfonamides is 1. The first-order valence-corrected chi connectivity index (χ1v) is 16.1. The first kappa shape index (κ1) is 31.0. The van der Waals surface area contributed by atoms with Crippen LogP contribution in [0.3, 0.4) is 0 Å². The van der Waals surface area contributed by atoms with Crippen molar-refractivity contribution in [3.05, 3.63) is 50.8 Å². The van der Waals surface area contributed by atoms with Gasteiger partial charge in [0.05, 0.1) is 11.4 Å². The van der Waals surface area contributed by atoms with Crippen molar-refractivity contribution in [2.24, 2.45) is 0 Å². The molecule has 41 heavy (non-hydrogen) atoms. The van der Waals surface area contributed by atoms with Crippen molar-refractivity contribution in [1.82, 2.24) is 23.6 Å². The summed E-state index contributed by atoms with van der Waals surface area (Å²) >= 11 is 0. The molecular weight excluding hydrogens is 550 g/mol. The van der Waals surface area contributed by atoms with E-state index in [0.717, 1.165) is 64.1 Å². The maximum Gasteiger partial charge on any atom is 0.407 e. The third-order valence-electron chi connectivity index (χ3n) is 8.16. The van der Waals surface area contributed by atoms with Crippen LogP contribution in [0.2, 0.25) is 0 Å². The molecule has 0 bridgehead atoms. The molecular formula is C28H43N5O7S. The molecule has 0 aliphatic carbocycles. The molecule has 2 aliphatic rings. The largest absolute Gasteiger partial charge is 0.441 e. The number of hydrogen-bond acceptors (Lipinski definition) is 7. The average Bonchev–Trinajstić information content (AvgIpc) is 3.42. The fourth-order valence-electron chi connectivity index (χ4n) is 5.71. The second kappa shape index (κ2) is 13.0. The van der Waals surface area contributed by atoms with Crippen molar-refractivity contribution in [3.63, 3.8) is 0 Å². The summed E-state index contributed by atoms with van der Waals surface area (Å²) in [7, 11) is -4.06. The summed E-state index contributed by atoms with van der Waals surface area (Å²) in [6.45, 7) is 5.67. The molecule has 228 valence electrons. The number of aryl methyl sites for hydroxylation is 1. The van der Waals surface area contributed by atoms with Crippen LogP contribution in [0, 0.1) is 6.92 Å². The van der Waals surface area contributed by atoms with Gasteiger partial charge in [0.15, 0.2) is 6.10 Å². The fourth-order valence-corrected chi connectivity index (χ4v) is 7.21. The Balaban J connectivity index is 1.66. The van der Waals surface area contributed by atoms with Crippen LogP contribution in [0.15, 0.2) is 38.8 Å². The average molecular weight is 594 g/mol. The van der Waals surface area contributed by atoms with Gasteiger partial charge >= 0.3 is 17.5 Å².